The van der Waals surface area contributed by atoms with Crippen LogP contribution in [0.4, 0.5) is 0 Å². The van der Waals surface area contributed by atoms with Gasteiger partial charge in [0.1, 0.15) is 30.5 Å². The van der Waals surface area contributed by atoms with Crippen molar-refractivity contribution in [1.82, 2.24) is 0 Å². The average molecular weight is 949 g/mol. The van der Waals surface area contributed by atoms with Crippen LogP contribution in [0, 0.1) is 0 Å². The Morgan fingerprint density at radius 1 is 0.478 bits per heavy atom. The Morgan fingerprint density at radius 2 is 0.866 bits per heavy atom. The molecule has 9 nitrogen and oxygen atoms in total. The first-order valence-corrected chi connectivity index (χ1v) is 28.6. The van der Waals surface area contributed by atoms with Gasteiger partial charge < -0.3 is 39.4 Å². The third-order valence-electron chi connectivity index (χ3n) is 13.3. The topological polar surface area (TPSA) is 135 Å². The SMILES string of the molecule is CCCCC/C=C\C/C=C\C/C=C\CCCCCCCCC(=O)OC(COCCCCCCCCCCCCCCCCCCCCCCCCCCC)COC1OC(CO)C(O)C(O)C1O. The van der Waals surface area contributed by atoms with E-state index >= 15 is 0 Å². The van der Waals surface area contributed by atoms with Gasteiger partial charge >= 0.3 is 5.97 Å². The Labute approximate surface area is 412 Å². The maximum Gasteiger partial charge on any atom is 0.306 e. The molecular weight excluding hydrogens is 841 g/mol. The highest BCUT2D eigenvalue weighted by molar-refractivity contribution is 5.69. The lowest BCUT2D eigenvalue weighted by Gasteiger charge is -2.39. The highest BCUT2D eigenvalue weighted by Crippen LogP contribution is 2.23. The van der Waals surface area contributed by atoms with Crippen molar-refractivity contribution in [3.05, 3.63) is 36.5 Å². The van der Waals surface area contributed by atoms with Crippen LogP contribution in [-0.4, -0.2) is 89.6 Å². The Balaban J connectivity index is 2.15. The molecule has 6 unspecified atom stereocenters. The molecule has 0 amide bonds. The van der Waals surface area contributed by atoms with Crippen molar-refractivity contribution >= 4 is 5.97 Å². The lowest BCUT2D eigenvalue weighted by Crippen LogP contribution is -2.59. The zero-order valence-corrected chi connectivity index (χ0v) is 43.7. The zero-order valence-electron chi connectivity index (χ0n) is 43.7. The molecule has 1 saturated heterocycles. The van der Waals surface area contributed by atoms with Gasteiger partial charge in [-0.2, -0.15) is 0 Å². The number of ether oxygens (including phenoxy) is 4. The maximum absolute atomic E-state index is 12.9. The molecule has 9 heteroatoms. The van der Waals surface area contributed by atoms with E-state index in [2.05, 4.69) is 50.3 Å². The molecule has 0 aliphatic carbocycles. The van der Waals surface area contributed by atoms with Gasteiger partial charge in [-0.25, -0.2) is 0 Å². The van der Waals surface area contributed by atoms with Crippen LogP contribution in [0.5, 0.6) is 0 Å². The van der Waals surface area contributed by atoms with E-state index in [0.717, 1.165) is 57.8 Å². The summed E-state index contributed by atoms with van der Waals surface area (Å²) in [4.78, 5) is 12.9. The molecule has 1 heterocycles. The van der Waals surface area contributed by atoms with Crippen molar-refractivity contribution in [2.75, 3.05) is 26.4 Å². The molecule has 1 fully saturated rings. The van der Waals surface area contributed by atoms with Gasteiger partial charge in [0, 0.05) is 13.0 Å². The molecule has 0 aromatic heterocycles. The lowest BCUT2D eigenvalue weighted by atomic mass is 9.99. The third-order valence-corrected chi connectivity index (χ3v) is 13.3. The van der Waals surface area contributed by atoms with Crippen molar-refractivity contribution < 1.29 is 44.2 Å². The van der Waals surface area contributed by atoms with Gasteiger partial charge in [-0.15, -0.1) is 0 Å². The van der Waals surface area contributed by atoms with Crippen molar-refractivity contribution in [2.45, 2.75) is 301 Å². The number of aliphatic hydroxyl groups is 4. The van der Waals surface area contributed by atoms with Crippen LogP contribution in [0.3, 0.4) is 0 Å². The number of esters is 1. The quantitative estimate of drug-likeness (QED) is 0.0267. The lowest BCUT2D eigenvalue weighted by molar-refractivity contribution is -0.305. The second-order valence-electron chi connectivity index (χ2n) is 19.7. The number of unbranched alkanes of at least 4 members (excludes halogenated alkanes) is 33. The van der Waals surface area contributed by atoms with Crippen molar-refractivity contribution in [3.63, 3.8) is 0 Å². The predicted molar refractivity (Wildman–Crippen MR) is 279 cm³/mol. The molecule has 6 atom stereocenters. The fourth-order valence-corrected chi connectivity index (χ4v) is 8.85. The van der Waals surface area contributed by atoms with E-state index in [4.69, 9.17) is 18.9 Å². The number of rotatable bonds is 50. The molecule has 0 radical (unpaired) electrons. The molecule has 1 aliphatic rings. The van der Waals surface area contributed by atoms with Gasteiger partial charge in [0.25, 0.3) is 0 Å². The molecule has 1 aliphatic heterocycles. The molecule has 0 aromatic carbocycles. The fraction of sp³-hybridized carbons (Fsp3) is 0.879. The van der Waals surface area contributed by atoms with Crippen LogP contribution >= 0.6 is 0 Å². The first-order valence-electron chi connectivity index (χ1n) is 28.6. The Morgan fingerprint density at radius 3 is 1.33 bits per heavy atom. The summed E-state index contributed by atoms with van der Waals surface area (Å²) in [5.41, 5.74) is 0. The Bertz CT molecular complexity index is 1130. The summed E-state index contributed by atoms with van der Waals surface area (Å²) in [5.74, 6) is -0.321. The molecule has 0 saturated carbocycles. The van der Waals surface area contributed by atoms with Crippen LogP contribution in [0.2, 0.25) is 0 Å². The maximum atomic E-state index is 12.9. The average Bonchev–Trinajstić information content (AvgIpc) is 3.33. The first-order chi connectivity index (χ1) is 32.9. The minimum Gasteiger partial charge on any atom is -0.457 e. The molecule has 1 rings (SSSR count). The van der Waals surface area contributed by atoms with Gasteiger partial charge in [-0.3, -0.25) is 4.79 Å². The van der Waals surface area contributed by atoms with Gasteiger partial charge in [0.05, 0.1) is 19.8 Å². The van der Waals surface area contributed by atoms with Gasteiger partial charge in [-0.05, 0) is 51.4 Å². The van der Waals surface area contributed by atoms with E-state index in [-0.39, 0.29) is 19.2 Å². The van der Waals surface area contributed by atoms with Crippen molar-refractivity contribution in [1.29, 1.82) is 0 Å². The fourth-order valence-electron chi connectivity index (χ4n) is 8.85. The van der Waals surface area contributed by atoms with Crippen molar-refractivity contribution in [2.24, 2.45) is 0 Å². The number of hydrogen-bond donors (Lipinski definition) is 4. The number of carbonyl (C=O) groups excluding carboxylic acids is 1. The van der Waals surface area contributed by atoms with E-state index in [1.54, 1.807) is 0 Å². The van der Waals surface area contributed by atoms with E-state index in [9.17, 15) is 25.2 Å². The number of carbonyl (C=O) groups is 1. The van der Waals surface area contributed by atoms with Crippen molar-refractivity contribution in [3.8, 4) is 0 Å². The van der Waals surface area contributed by atoms with E-state index < -0.39 is 43.4 Å². The number of allylic oxidation sites excluding steroid dienone is 6. The highest BCUT2D eigenvalue weighted by Gasteiger charge is 2.44. The van der Waals surface area contributed by atoms with E-state index in [1.807, 2.05) is 0 Å². The first kappa shape index (κ1) is 63.4. The minimum absolute atomic E-state index is 0.116. The number of aliphatic hydroxyl groups excluding tert-OH is 4. The Hall–Kier alpha value is -1.59. The molecule has 4 N–H and O–H groups in total. The van der Waals surface area contributed by atoms with E-state index in [1.165, 1.54) is 186 Å². The minimum atomic E-state index is -1.54. The van der Waals surface area contributed by atoms with Crippen LogP contribution < -0.4 is 0 Å². The number of hydrogen-bond acceptors (Lipinski definition) is 9. The van der Waals surface area contributed by atoms with Gasteiger partial charge in [0.2, 0.25) is 0 Å². The monoisotopic (exact) mass is 949 g/mol. The van der Waals surface area contributed by atoms with Crippen LogP contribution in [0.25, 0.3) is 0 Å². The molecule has 0 spiro atoms. The normalized spacial score (nSPS) is 19.4. The molecule has 0 bridgehead atoms. The summed E-state index contributed by atoms with van der Waals surface area (Å²) < 4.78 is 23.0. The predicted octanol–water partition coefficient (Wildman–Crippen LogP) is 14.7. The second kappa shape index (κ2) is 49.4. The summed E-state index contributed by atoms with van der Waals surface area (Å²) in [7, 11) is 0. The Kier molecular flexibility index (Phi) is 46.8. The third kappa shape index (κ3) is 39.8. The van der Waals surface area contributed by atoms with Crippen LogP contribution in [0.1, 0.15) is 264 Å². The molecule has 394 valence electrons. The zero-order chi connectivity index (χ0) is 48.5. The van der Waals surface area contributed by atoms with Crippen LogP contribution in [-0.2, 0) is 23.7 Å². The largest absolute Gasteiger partial charge is 0.457 e. The summed E-state index contributed by atoms with van der Waals surface area (Å²) in [5, 5.41) is 40.3. The van der Waals surface area contributed by atoms with Crippen LogP contribution in [0.15, 0.2) is 36.5 Å². The summed E-state index contributed by atoms with van der Waals surface area (Å²) in [6.07, 6.45) is 54.8. The standard InChI is InChI=1S/C58H108O9/c1-3-5-7-9-11-13-15-17-19-21-23-24-25-26-27-28-30-32-34-36-38-40-42-44-46-48-64-50-52(51-65-58-57(63)56(62)55(61)53(49-59)67-58)66-54(60)47-45-43-41-39-37-35-33-31-29-22-20-18-16-14-12-10-8-6-4-2/h12,14,18,20,29,31,52-53,55-59,61-63H,3-11,13,15-17,19,21-28,30,32-51H2,1-2H3/b14-12-,20-18-,31-29-. The summed E-state index contributed by atoms with van der Waals surface area (Å²) in [6.45, 7) is 4.57. The van der Waals surface area contributed by atoms with E-state index in [0.29, 0.717) is 13.0 Å². The molecular formula is C58H108O9. The summed E-state index contributed by atoms with van der Waals surface area (Å²) >= 11 is 0. The molecule has 0 aromatic rings. The van der Waals surface area contributed by atoms with Gasteiger partial charge in [0.15, 0.2) is 6.29 Å². The highest BCUT2D eigenvalue weighted by atomic mass is 16.7. The second-order valence-corrected chi connectivity index (χ2v) is 19.7. The van der Waals surface area contributed by atoms with Gasteiger partial charge in [-0.1, -0.05) is 243 Å². The summed E-state index contributed by atoms with van der Waals surface area (Å²) in [6, 6.07) is 0. The smallest absolute Gasteiger partial charge is 0.306 e. The molecule has 67 heavy (non-hydrogen) atoms.